The monoisotopic (exact) mass is 233 g/mol. The molecule has 5 N–H and O–H groups in total. The second kappa shape index (κ2) is 5.80. The van der Waals surface area contributed by atoms with Gasteiger partial charge in [-0.1, -0.05) is 13.0 Å². The van der Waals surface area contributed by atoms with Gasteiger partial charge in [-0.2, -0.15) is 0 Å². The Morgan fingerprint density at radius 2 is 1.93 bits per heavy atom. The molecule has 0 fully saturated rings. The molecule has 0 bridgehead atoms. The van der Waals surface area contributed by atoms with E-state index in [1.807, 2.05) is 6.92 Å². The number of phenolic OH excluding ortho intramolecular Hbond substituents is 2. The summed E-state index contributed by atoms with van der Waals surface area (Å²) in [6.45, 7) is 1.93. The van der Waals surface area contributed by atoms with Crippen LogP contribution in [0.15, 0.2) is 12.1 Å². The summed E-state index contributed by atoms with van der Waals surface area (Å²) >= 11 is 0. The zero-order chi connectivity index (χ0) is 10.7. The van der Waals surface area contributed by atoms with Crippen LogP contribution >= 0.6 is 12.4 Å². The van der Waals surface area contributed by atoms with Crippen LogP contribution in [0.3, 0.4) is 0 Å². The van der Waals surface area contributed by atoms with E-state index in [0.717, 1.165) is 0 Å². The van der Waals surface area contributed by atoms with E-state index in [1.54, 1.807) is 6.07 Å². The SMILES string of the molecule is CCc1c([C@@H](O)CN)ccc(O)c1O.Cl. The molecule has 0 amide bonds. The standard InChI is InChI=1S/C10H15NO3.ClH/c1-2-6-7(9(13)5-11)3-4-8(12)10(6)14;/h3-4,9,12-14H,2,5,11H2,1H3;1H/t9-;/m0./s1. The van der Waals surface area contributed by atoms with Gasteiger partial charge in [0.05, 0.1) is 6.10 Å². The summed E-state index contributed by atoms with van der Waals surface area (Å²) in [6, 6.07) is 2.92. The number of hydrogen-bond acceptors (Lipinski definition) is 4. The van der Waals surface area contributed by atoms with Crippen LogP contribution < -0.4 is 5.73 Å². The maximum absolute atomic E-state index is 9.54. The molecule has 15 heavy (non-hydrogen) atoms. The fourth-order valence-corrected chi connectivity index (χ4v) is 1.45. The Hall–Kier alpha value is -0.970. The third-order valence-corrected chi connectivity index (χ3v) is 2.23. The summed E-state index contributed by atoms with van der Waals surface area (Å²) in [7, 11) is 0. The van der Waals surface area contributed by atoms with E-state index in [2.05, 4.69) is 0 Å². The van der Waals surface area contributed by atoms with E-state index < -0.39 is 6.10 Å². The molecule has 86 valence electrons. The first-order chi connectivity index (χ1) is 6.61. The molecule has 0 saturated heterocycles. The van der Waals surface area contributed by atoms with Crippen LogP contribution in [0.2, 0.25) is 0 Å². The Morgan fingerprint density at radius 3 is 2.40 bits per heavy atom. The number of hydrogen-bond donors (Lipinski definition) is 4. The van der Waals surface area contributed by atoms with Crippen LogP contribution in [-0.4, -0.2) is 21.9 Å². The zero-order valence-corrected chi connectivity index (χ0v) is 9.29. The largest absolute Gasteiger partial charge is 0.504 e. The first-order valence-corrected chi connectivity index (χ1v) is 4.53. The molecular formula is C10H16ClNO3. The van der Waals surface area contributed by atoms with E-state index in [4.69, 9.17) is 5.73 Å². The van der Waals surface area contributed by atoms with Crippen molar-refractivity contribution in [2.75, 3.05) is 6.54 Å². The number of aliphatic hydroxyl groups is 1. The van der Waals surface area contributed by atoms with Crippen LogP contribution in [0.1, 0.15) is 24.2 Å². The van der Waals surface area contributed by atoms with Crippen molar-refractivity contribution in [2.24, 2.45) is 5.73 Å². The average molecular weight is 234 g/mol. The molecule has 0 saturated carbocycles. The lowest BCUT2D eigenvalue weighted by molar-refractivity contribution is 0.185. The Bertz CT molecular complexity index is 331. The first kappa shape index (κ1) is 14.0. The molecule has 0 aliphatic rings. The van der Waals surface area contributed by atoms with Gasteiger partial charge in [-0.3, -0.25) is 0 Å². The lowest BCUT2D eigenvalue weighted by atomic mass is 9.99. The maximum Gasteiger partial charge on any atom is 0.161 e. The summed E-state index contributed by atoms with van der Waals surface area (Å²) in [5.74, 6) is -0.340. The predicted octanol–water partition coefficient (Wildman–Crippen LogP) is 1.07. The van der Waals surface area contributed by atoms with Crippen molar-refractivity contribution in [3.63, 3.8) is 0 Å². The van der Waals surface area contributed by atoms with Crippen molar-refractivity contribution >= 4 is 12.4 Å². The van der Waals surface area contributed by atoms with E-state index in [1.165, 1.54) is 6.07 Å². The smallest absolute Gasteiger partial charge is 0.161 e. The number of aliphatic hydroxyl groups excluding tert-OH is 1. The molecule has 0 radical (unpaired) electrons. The van der Waals surface area contributed by atoms with E-state index in [9.17, 15) is 15.3 Å². The number of nitrogens with two attached hydrogens (primary N) is 1. The molecule has 4 nitrogen and oxygen atoms in total. The Kier molecular flexibility index (Phi) is 5.43. The Labute approximate surface area is 94.8 Å². The molecule has 1 aromatic carbocycles. The van der Waals surface area contributed by atoms with Crippen LogP contribution in [0.25, 0.3) is 0 Å². The van der Waals surface area contributed by atoms with Gasteiger partial charge in [0.2, 0.25) is 0 Å². The molecule has 1 atom stereocenters. The summed E-state index contributed by atoms with van der Waals surface area (Å²) < 4.78 is 0. The van der Waals surface area contributed by atoms with Crippen molar-refractivity contribution in [2.45, 2.75) is 19.4 Å². The average Bonchev–Trinajstić information content (AvgIpc) is 2.20. The second-order valence-corrected chi connectivity index (χ2v) is 3.11. The first-order valence-electron chi connectivity index (χ1n) is 4.53. The predicted molar refractivity (Wildman–Crippen MR) is 60.4 cm³/mol. The third-order valence-electron chi connectivity index (χ3n) is 2.23. The molecule has 0 aliphatic carbocycles. The number of benzene rings is 1. The highest BCUT2D eigenvalue weighted by Crippen LogP contribution is 2.34. The van der Waals surface area contributed by atoms with Gasteiger partial charge in [-0.05, 0) is 18.1 Å². The number of rotatable bonds is 3. The molecule has 0 heterocycles. The summed E-state index contributed by atoms with van der Waals surface area (Å²) in [4.78, 5) is 0. The van der Waals surface area contributed by atoms with E-state index in [0.29, 0.717) is 17.5 Å². The van der Waals surface area contributed by atoms with E-state index >= 15 is 0 Å². The van der Waals surface area contributed by atoms with Gasteiger partial charge in [-0.15, -0.1) is 12.4 Å². The lowest BCUT2D eigenvalue weighted by Gasteiger charge is -2.14. The van der Waals surface area contributed by atoms with Crippen molar-refractivity contribution in [1.82, 2.24) is 0 Å². The van der Waals surface area contributed by atoms with Crippen molar-refractivity contribution < 1.29 is 15.3 Å². The van der Waals surface area contributed by atoms with Crippen molar-refractivity contribution in [3.05, 3.63) is 23.3 Å². The van der Waals surface area contributed by atoms with Gasteiger partial charge in [0.25, 0.3) is 0 Å². The number of halogens is 1. The summed E-state index contributed by atoms with van der Waals surface area (Å²) in [6.07, 6.45) is -0.261. The Balaban J connectivity index is 0.00000196. The summed E-state index contributed by atoms with van der Waals surface area (Å²) in [5.41, 5.74) is 6.44. The summed E-state index contributed by atoms with van der Waals surface area (Å²) in [5, 5.41) is 28.3. The van der Waals surface area contributed by atoms with E-state index in [-0.39, 0.29) is 30.5 Å². The van der Waals surface area contributed by atoms with Gasteiger partial charge in [-0.25, -0.2) is 0 Å². The van der Waals surface area contributed by atoms with Crippen LogP contribution in [-0.2, 0) is 6.42 Å². The normalized spacial score (nSPS) is 11.9. The Morgan fingerprint density at radius 1 is 1.33 bits per heavy atom. The highest BCUT2D eigenvalue weighted by Gasteiger charge is 2.15. The number of aromatic hydroxyl groups is 2. The van der Waals surface area contributed by atoms with Gasteiger partial charge >= 0.3 is 0 Å². The lowest BCUT2D eigenvalue weighted by Crippen LogP contribution is -2.13. The molecule has 1 rings (SSSR count). The minimum atomic E-state index is -0.795. The third kappa shape index (κ3) is 2.75. The molecule has 5 heteroatoms. The van der Waals surface area contributed by atoms with Crippen LogP contribution in [0.4, 0.5) is 0 Å². The molecule has 1 aromatic rings. The fourth-order valence-electron chi connectivity index (χ4n) is 1.45. The second-order valence-electron chi connectivity index (χ2n) is 3.11. The molecule has 0 aliphatic heterocycles. The molecule has 0 spiro atoms. The van der Waals surface area contributed by atoms with Gasteiger partial charge in [0, 0.05) is 12.1 Å². The molecular weight excluding hydrogens is 218 g/mol. The minimum absolute atomic E-state index is 0. The van der Waals surface area contributed by atoms with Crippen molar-refractivity contribution in [3.8, 4) is 11.5 Å². The van der Waals surface area contributed by atoms with Gasteiger partial charge in [0.15, 0.2) is 11.5 Å². The minimum Gasteiger partial charge on any atom is -0.504 e. The maximum atomic E-state index is 9.54. The van der Waals surface area contributed by atoms with Gasteiger partial charge in [0.1, 0.15) is 0 Å². The zero-order valence-electron chi connectivity index (χ0n) is 8.47. The number of phenols is 2. The van der Waals surface area contributed by atoms with Crippen LogP contribution in [0, 0.1) is 0 Å². The molecule has 0 unspecified atom stereocenters. The van der Waals surface area contributed by atoms with Crippen LogP contribution in [0.5, 0.6) is 11.5 Å². The highest BCUT2D eigenvalue weighted by molar-refractivity contribution is 5.85. The highest BCUT2D eigenvalue weighted by atomic mass is 35.5. The quantitative estimate of drug-likeness (QED) is 0.589. The molecule has 0 aromatic heterocycles. The van der Waals surface area contributed by atoms with Crippen molar-refractivity contribution in [1.29, 1.82) is 0 Å². The topological polar surface area (TPSA) is 86.7 Å². The fraction of sp³-hybridized carbons (Fsp3) is 0.400. The van der Waals surface area contributed by atoms with Gasteiger partial charge < -0.3 is 21.1 Å².